The van der Waals surface area contributed by atoms with Gasteiger partial charge in [-0.05, 0) is 64.3 Å². The standard InChI is InChI=1S/C21H30N4O4/c1-21(2,3)29-20(28)23-15-10-12-25(13-11-15)16-6-4-14(5-7-16)22-17-8-9-18(26)24-19(17)27/h4-7,15,17,22H,8-13H2,1-3H3,(H,23,28)(H,24,26,27). The van der Waals surface area contributed by atoms with E-state index in [0.717, 1.165) is 37.3 Å². The number of carbonyl (C=O) groups excluding carboxylic acids is 3. The molecule has 0 radical (unpaired) electrons. The second-order valence-electron chi connectivity index (χ2n) is 8.60. The van der Waals surface area contributed by atoms with Gasteiger partial charge in [0.2, 0.25) is 11.8 Å². The maximum atomic E-state index is 11.9. The van der Waals surface area contributed by atoms with Crippen LogP contribution in [0.1, 0.15) is 46.5 Å². The molecule has 2 fully saturated rings. The van der Waals surface area contributed by atoms with Crippen molar-refractivity contribution in [3.05, 3.63) is 24.3 Å². The number of rotatable bonds is 4. The first-order chi connectivity index (χ1) is 13.7. The number of carbonyl (C=O) groups is 3. The Labute approximate surface area is 171 Å². The largest absolute Gasteiger partial charge is 0.444 e. The number of nitrogens with one attached hydrogen (secondary N) is 3. The fourth-order valence-corrected chi connectivity index (χ4v) is 3.56. The number of hydrogen-bond donors (Lipinski definition) is 3. The lowest BCUT2D eigenvalue weighted by Gasteiger charge is -2.34. The number of ether oxygens (including phenoxy) is 1. The van der Waals surface area contributed by atoms with Gasteiger partial charge in [-0.2, -0.15) is 0 Å². The van der Waals surface area contributed by atoms with E-state index in [-0.39, 0.29) is 30.0 Å². The molecule has 2 aliphatic heterocycles. The van der Waals surface area contributed by atoms with Gasteiger partial charge in [-0.3, -0.25) is 14.9 Å². The molecule has 29 heavy (non-hydrogen) atoms. The predicted molar refractivity (Wildman–Crippen MR) is 111 cm³/mol. The van der Waals surface area contributed by atoms with Crippen LogP contribution in [0.25, 0.3) is 0 Å². The van der Waals surface area contributed by atoms with Crippen LogP contribution in [0.5, 0.6) is 0 Å². The summed E-state index contributed by atoms with van der Waals surface area (Å²) >= 11 is 0. The van der Waals surface area contributed by atoms with E-state index in [1.165, 1.54) is 0 Å². The van der Waals surface area contributed by atoms with Gasteiger partial charge in [0.15, 0.2) is 0 Å². The Morgan fingerprint density at radius 2 is 1.76 bits per heavy atom. The van der Waals surface area contributed by atoms with Crippen molar-refractivity contribution in [3.8, 4) is 0 Å². The molecule has 1 atom stereocenters. The molecule has 8 nitrogen and oxygen atoms in total. The van der Waals surface area contributed by atoms with Crippen molar-refractivity contribution in [1.82, 2.24) is 10.6 Å². The van der Waals surface area contributed by atoms with Gasteiger partial charge in [0.05, 0.1) is 0 Å². The summed E-state index contributed by atoms with van der Waals surface area (Å²) in [6, 6.07) is 7.68. The minimum Gasteiger partial charge on any atom is -0.444 e. The Morgan fingerprint density at radius 1 is 1.10 bits per heavy atom. The van der Waals surface area contributed by atoms with Crippen molar-refractivity contribution in [2.45, 2.75) is 64.1 Å². The van der Waals surface area contributed by atoms with Crippen LogP contribution in [0, 0.1) is 0 Å². The van der Waals surface area contributed by atoms with E-state index < -0.39 is 5.60 Å². The maximum absolute atomic E-state index is 11.9. The van der Waals surface area contributed by atoms with Crippen LogP contribution >= 0.6 is 0 Å². The highest BCUT2D eigenvalue weighted by molar-refractivity contribution is 6.01. The van der Waals surface area contributed by atoms with Crippen molar-refractivity contribution in [2.24, 2.45) is 0 Å². The minimum absolute atomic E-state index is 0.120. The molecular formula is C21H30N4O4. The quantitative estimate of drug-likeness (QED) is 0.669. The first-order valence-electron chi connectivity index (χ1n) is 10.1. The summed E-state index contributed by atoms with van der Waals surface area (Å²) in [5.41, 5.74) is 1.47. The van der Waals surface area contributed by atoms with E-state index >= 15 is 0 Å². The second kappa shape index (κ2) is 8.71. The molecule has 8 heteroatoms. The second-order valence-corrected chi connectivity index (χ2v) is 8.60. The van der Waals surface area contributed by atoms with E-state index in [1.807, 2.05) is 45.0 Å². The fraction of sp³-hybridized carbons (Fsp3) is 0.571. The monoisotopic (exact) mass is 402 g/mol. The van der Waals surface area contributed by atoms with E-state index in [4.69, 9.17) is 4.74 Å². The van der Waals surface area contributed by atoms with Crippen LogP contribution in [-0.2, 0) is 14.3 Å². The lowest BCUT2D eigenvalue weighted by molar-refractivity contribution is -0.133. The van der Waals surface area contributed by atoms with E-state index in [2.05, 4.69) is 20.9 Å². The summed E-state index contributed by atoms with van der Waals surface area (Å²) in [7, 11) is 0. The zero-order valence-electron chi connectivity index (χ0n) is 17.3. The van der Waals surface area contributed by atoms with Gasteiger partial charge in [0.1, 0.15) is 11.6 Å². The van der Waals surface area contributed by atoms with Gasteiger partial charge < -0.3 is 20.3 Å². The number of alkyl carbamates (subject to hydrolysis) is 1. The van der Waals surface area contributed by atoms with Gasteiger partial charge in [-0.1, -0.05) is 0 Å². The van der Waals surface area contributed by atoms with Crippen LogP contribution in [0.15, 0.2) is 24.3 Å². The molecule has 1 unspecified atom stereocenters. The molecule has 1 aromatic rings. The molecule has 0 bridgehead atoms. The summed E-state index contributed by atoms with van der Waals surface area (Å²) in [6.07, 6.45) is 2.21. The molecular weight excluding hydrogens is 372 g/mol. The zero-order chi connectivity index (χ0) is 21.0. The minimum atomic E-state index is -0.492. The van der Waals surface area contributed by atoms with Crippen LogP contribution in [0.3, 0.4) is 0 Å². The Hall–Kier alpha value is -2.77. The van der Waals surface area contributed by atoms with E-state index in [1.54, 1.807) is 0 Å². The van der Waals surface area contributed by atoms with Crippen molar-refractivity contribution in [2.75, 3.05) is 23.3 Å². The normalized spacial score (nSPS) is 20.8. The summed E-state index contributed by atoms with van der Waals surface area (Å²) < 4.78 is 5.32. The lowest BCUT2D eigenvalue weighted by atomic mass is 10.0. The number of hydrogen-bond acceptors (Lipinski definition) is 6. The van der Waals surface area contributed by atoms with Gasteiger partial charge in [-0.25, -0.2) is 4.79 Å². The highest BCUT2D eigenvalue weighted by Crippen LogP contribution is 2.23. The molecule has 0 aliphatic carbocycles. The average molecular weight is 402 g/mol. The molecule has 3 amide bonds. The van der Waals surface area contributed by atoms with Crippen LogP contribution in [-0.4, -0.2) is 48.7 Å². The zero-order valence-corrected chi connectivity index (χ0v) is 17.3. The third kappa shape index (κ3) is 6.10. The Bertz CT molecular complexity index is 749. The number of nitrogens with zero attached hydrogens (tertiary/aromatic N) is 1. The molecule has 158 valence electrons. The smallest absolute Gasteiger partial charge is 0.407 e. The molecule has 1 aromatic carbocycles. The predicted octanol–water partition coefficient (Wildman–Crippen LogP) is 2.40. The van der Waals surface area contributed by atoms with Gasteiger partial charge >= 0.3 is 6.09 Å². The lowest BCUT2D eigenvalue weighted by Crippen LogP contribution is -2.47. The molecule has 0 aromatic heterocycles. The van der Waals surface area contributed by atoms with Crippen LogP contribution in [0.4, 0.5) is 16.2 Å². The Morgan fingerprint density at radius 3 is 2.34 bits per heavy atom. The Kier molecular flexibility index (Phi) is 6.30. The van der Waals surface area contributed by atoms with Gasteiger partial charge in [0, 0.05) is 36.9 Å². The van der Waals surface area contributed by atoms with E-state index in [0.29, 0.717) is 12.8 Å². The Balaban J connectivity index is 1.47. The van der Waals surface area contributed by atoms with Gasteiger partial charge in [-0.15, -0.1) is 0 Å². The number of imide groups is 1. The molecule has 0 spiro atoms. The van der Waals surface area contributed by atoms with Crippen LogP contribution < -0.4 is 20.9 Å². The number of piperidine rings is 2. The highest BCUT2D eigenvalue weighted by Gasteiger charge is 2.27. The summed E-state index contributed by atoms with van der Waals surface area (Å²) in [4.78, 5) is 37.3. The summed E-state index contributed by atoms with van der Waals surface area (Å²) in [5, 5.41) is 8.49. The average Bonchev–Trinajstić information content (AvgIpc) is 2.64. The molecule has 3 N–H and O–H groups in total. The van der Waals surface area contributed by atoms with Crippen molar-refractivity contribution in [3.63, 3.8) is 0 Å². The number of amides is 3. The van der Waals surface area contributed by atoms with Crippen LogP contribution in [0.2, 0.25) is 0 Å². The third-order valence-electron chi connectivity index (χ3n) is 5.03. The molecule has 2 saturated heterocycles. The summed E-state index contributed by atoms with van der Waals surface area (Å²) in [6.45, 7) is 7.26. The number of benzene rings is 1. The SMILES string of the molecule is CC(C)(C)OC(=O)NC1CCN(c2ccc(NC3CCC(=O)NC3=O)cc2)CC1. The summed E-state index contributed by atoms with van der Waals surface area (Å²) in [5.74, 6) is -0.488. The third-order valence-corrected chi connectivity index (χ3v) is 5.03. The topological polar surface area (TPSA) is 99.8 Å². The van der Waals surface area contributed by atoms with Crippen molar-refractivity contribution in [1.29, 1.82) is 0 Å². The maximum Gasteiger partial charge on any atom is 0.407 e. The van der Waals surface area contributed by atoms with E-state index in [9.17, 15) is 14.4 Å². The first-order valence-corrected chi connectivity index (χ1v) is 10.1. The van der Waals surface area contributed by atoms with Gasteiger partial charge in [0.25, 0.3) is 0 Å². The fourth-order valence-electron chi connectivity index (χ4n) is 3.56. The van der Waals surface area contributed by atoms with Crippen molar-refractivity contribution < 1.29 is 19.1 Å². The number of anilines is 2. The molecule has 3 rings (SSSR count). The van der Waals surface area contributed by atoms with Crippen molar-refractivity contribution >= 4 is 29.3 Å². The molecule has 2 heterocycles. The first kappa shape index (κ1) is 21.0. The molecule has 0 saturated carbocycles. The molecule has 2 aliphatic rings. The highest BCUT2D eigenvalue weighted by atomic mass is 16.6.